The topological polar surface area (TPSA) is 68.2 Å². The van der Waals surface area contributed by atoms with E-state index in [9.17, 15) is 4.79 Å². The average molecular weight is 314 g/mol. The maximum absolute atomic E-state index is 11.8. The Kier molecular flexibility index (Phi) is 8.30. The lowest BCUT2D eigenvalue weighted by atomic mass is 10.2. The predicted octanol–water partition coefficient (Wildman–Crippen LogP) is 3.27. The van der Waals surface area contributed by atoms with Crippen molar-refractivity contribution in [3.63, 3.8) is 0 Å². The van der Waals surface area contributed by atoms with E-state index in [1.54, 1.807) is 0 Å². The van der Waals surface area contributed by atoms with Crippen LogP contribution in [0.5, 0.6) is 0 Å². The second-order valence-corrected chi connectivity index (χ2v) is 5.14. The molecule has 0 heterocycles. The van der Waals surface area contributed by atoms with Crippen molar-refractivity contribution in [2.24, 2.45) is 0 Å². The highest BCUT2D eigenvalue weighted by atomic mass is 16.1. The van der Waals surface area contributed by atoms with Crippen molar-refractivity contribution < 1.29 is 4.79 Å². The summed E-state index contributed by atoms with van der Waals surface area (Å²) in [5.74, 6) is -0.340. The first-order chi connectivity index (χ1) is 11.2. The summed E-state index contributed by atoms with van der Waals surface area (Å²) < 4.78 is 0. The Bertz CT molecular complexity index is 553. The summed E-state index contributed by atoms with van der Waals surface area (Å²) in [5, 5.41) is 14.8. The number of rotatable bonds is 9. The van der Waals surface area contributed by atoms with Crippen LogP contribution in [0.1, 0.15) is 33.6 Å². The van der Waals surface area contributed by atoms with Gasteiger partial charge in [0.1, 0.15) is 11.6 Å². The molecule has 23 heavy (non-hydrogen) atoms. The van der Waals surface area contributed by atoms with Gasteiger partial charge in [0.05, 0.1) is 0 Å². The van der Waals surface area contributed by atoms with Crippen LogP contribution in [-0.4, -0.2) is 25.5 Å². The van der Waals surface area contributed by atoms with Crippen molar-refractivity contribution in [1.29, 1.82) is 5.26 Å². The van der Waals surface area contributed by atoms with Gasteiger partial charge in [0.25, 0.3) is 5.91 Å². The highest BCUT2D eigenvalue weighted by Crippen LogP contribution is 2.17. The van der Waals surface area contributed by atoms with Crippen LogP contribution in [0.4, 0.5) is 11.4 Å². The molecule has 0 saturated carbocycles. The van der Waals surface area contributed by atoms with Gasteiger partial charge in [-0.25, -0.2) is 0 Å². The van der Waals surface area contributed by atoms with Gasteiger partial charge in [0, 0.05) is 37.2 Å². The second-order valence-electron chi connectivity index (χ2n) is 5.14. The van der Waals surface area contributed by atoms with Gasteiger partial charge >= 0.3 is 0 Å². The van der Waals surface area contributed by atoms with Gasteiger partial charge in [-0.15, -0.1) is 0 Å². The van der Waals surface area contributed by atoms with Gasteiger partial charge in [0.2, 0.25) is 0 Å². The number of carbonyl (C=O) groups is 1. The molecule has 0 radical (unpaired) electrons. The second kappa shape index (κ2) is 10.3. The van der Waals surface area contributed by atoms with Gasteiger partial charge in [-0.1, -0.05) is 13.3 Å². The molecular weight excluding hydrogens is 288 g/mol. The van der Waals surface area contributed by atoms with E-state index in [0.717, 1.165) is 37.3 Å². The van der Waals surface area contributed by atoms with Gasteiger partial charge in [0.15, 0.2) is 0 Å². The van der Waals surface area contributed by atoms with Gasteiger partial charge in [-0.2, -0.15) is 5.26 Å². The molecular formula is C18H26N4O. The molecule has 0 saturated heterocycles. The van der Waals surface area contributed by atoms with E-state index in [1.165, 1.54) is 6.20 Å². The third-order valence-corrected chi connectivity index (χ3v) is 3.56. The smallest absolute Gasteiger partial charge is 0.263 e. The van der Waals surface area contributed by atoms with Crippen molar-refractivity contribution in [1.82, 2.24) is 5.32 Å². The van der Waals surface area contributed by atoms with Gasteiger partial charge in [-0.05, 0) is 44.5 Å². The molecule has 1 rings (SSSR count). The van der Waals surface area contributed by atoms with Crippen molar-refractivity contribution >= 4 is 17.3 Å². The number of benzene rings is 1. The molecule has 0 aliphatic carbocycles. The number of hydrogen-bond acceptors (Lipinski definition) is 4. The first-order valence-corrected chi connectivity index (χ1v) is 8.16. The molecule has 0 aromatic heterocycles. The lowest BCUT2D eigenvalue weighted by Crippen LogP contribution is -2.25. The molecule has 0 fully saturated rings. The highest BCUT2D eigenvalue weighted by Gasteiger charge is 2.07. The van der Waals surface area contributed by atoms with Crippen LogP contribution in [0.3, 0.4) is 0 Å². The molecule has 0 bridgehead atoms. The first-order valence-electron chi connectivity index (χ1n) is 8.16. The fourth-order valence-electron chi connectivity index (χ4n) is 2.14. The third-order valence-electron chi connectivity index (χ3n) is 3.56. The zero-order valence-electron chi connectivity index (χ0n) is 14.2. The molecule has 1 aromatic carbocycles. The number of nitrogens with zero attached hydrogens (tertiary/aromatic N) is 2. The summed E-state index contributed by atoms with van der Waals surface area (Å²) in [4.78, 5) is 14.1. The largest absolute Gasteiger partial charge is 0.372 e. The van der Waals surface area contributed by atoms with Crippen LogP contribution < -0.4 is 15.5 Å². The molecule has 0 spiro atoms. The maximum atomic E-state index is 11.8. The summed E-state index contributed by atoms with van der Waals surface area (Å²) in [5.41, 5.74) is 2.08. The summed E-state index contributed by atoms with van der Waals surface area (Å²) in [6.45, 7) is 8.80. The summed E-state index contributed by atoms with van der Waals surface area (Å²) >= 11 is 0. The standard InChI is InChI=1S/C18H26N4O/c1-4-7-12-20-18(23)15(13-19)14-21-16-8-10-17(11-9-16)22(5-2)6-3/h8-11,14,21H,4-7,12H2,1-3H3,(H,20,23)/b15-14-. The minimum atomic E-state index is -0.340. The molecule has 2 N–H and O–H groups in total. The minimum Gasteiger partial charge on any atom is -0.372 e. The van der Waals surface area contributed by atoms with Crippen LogP contribution >= 0.6 is 0 Å². The fourth-order valence-corrected chi connectivity index (χ4v) is 2.14. The third kappa shape index (κ3) is 6.03. The lowest BCUT2D eigenvalue weighted by Gasteiger charge is -2.21. The lowest BCUT2D eigenvalue weighted by molar-refractivity contribution is -0.117. The van der Waals surface area contributed by atoms with E-state index in [4.69, 9.17) is 5.26 Å². The monoisotopic (exact) mass is 314 g/mol. The van der Waals surface area contributed by atoms with E-state index in [0.29, 0.717) is 6.54 Å². The number of nitrogens with one attached hydrogen (secondary N) is 2. The number of unbranched alkanes of at least 4 members (excludes halogenated alkanes) is 1. The van der Waals surface area contributed by atoms with Crippen molar-refractivity contribution in [2.75, 3.05) is 29.9 Å². The number of anilines is 2. The molecule has 1 aromatic rings. The Morgan fingerprint density at radius 3 is 2.39 bits per heavy atom. The Balaban J connectivity index is 2.67. The van der Waals surface area contributed by atoms with Crippen LogP contribution in [0.2, 0.25) is 0 Å². The molecule has 124 valence electrons. The normalized spacial score (nSPS) is 10.8. The van der Waals surface area contributed by atoms with E-state index in [1.807, 2.05) is 30.3 Å². The van der Waals surface area contributed by atoms with Gasteiger partial charge < -0.3 is 15.5 Å². The number of nitriles is 1. The Morgan fingerprint density at radius 2 is 1.87 bits per heavy atom. The Hall–Kier alpha value is -2.48. The zero-order valence-corrected chi connectivity index (χ0v) is 14.2. The quantitative estimate of drug-likeness (QED) is 0.417. The number of amides is 1. The number of hydrogen-bond donors (Lipinski definition) is 2. The van der Waals surface area contributed by atoms with E-state index in [2.05, 4.69) is 36.3 Å². The van der Waals surface area contributed by atoms with Crippen molar-refractivity contribution in [3.05, 3.63) is 36.0 Å². The summed E-state index contributed by atoms with van der Waals surface area (Å²) in [6.07, 6.45) is 3.36. The summed E-state index contributed by atoms with van der Waals surface area (Å²) in [6, 6.07) is 9.85. The first kappa shape index (κ1) is 18.6. The van der Waals surface area contributed by atoms with Gasteiger partial charge in [-0.3, -0.25) is 4.79 Å². The molecule has 5 heteroatoms. The highest BCUT2D eigenvalue weighted by molar-refractivity contribution is 5.97. The van der Waals surface area contributed by atoms with E-state index in [-0.39, 0.29) is 11.5 Å². The van der Waals surface area contributed by atoms with Crippen LogP contribution in [0.25, 0.3) is 0 Å². The average Bonchev–Trinajstić information content (AvgIpc) is 2.58. The molecule has 1 amide bonds. The zero-order chi connectivity index (χ0) is 17.1. The van der Waals surface area contributed by atoms with Crippen LogP contribution in [0.15, 0.2) is 36.0 Å². The molecule has 0 atom stereocenters. The SMILES string of the molecule is CCCCNC(=O)/C(C#N)=C\Nc1ccc(N(CC)CC)cc1. The van der Waals surface area contributed by atoms with E-state index < -0.39 is 0 Å². The Labute approximate surface area is 139 Å². The molecule has 5 nitrogen and oxygen atoms in total. The number of carbonyl (C=O) groups excluding carboxylic acids is 1. The minimum absolute atomic E-state index is 0.0777. The van der Waals surface area contributed by atoms with E-state index >= 15 is 0 Å². The maximum Gasteiger partial charge on any atom is 0.263 e. The predicted molar refractivity (Wildman–Crippen MR) is 95.2 cm³/mol. The summed E-state index contributed by atoms with van der Waals surface area (Å²) in [7, 11) is 0. The van der Waals surface area contributed by atoms with Crippen molar-refractivity contribution in [2.45, 2.75) is 33.6 Å². The molecule has 0 aliphatic heterocycles. The van der Waals surface area contributed by atoms with Crippen LogP contribution in [0, 0.1) is 11.3 Å². The Morgan fingerprint density at radius 1 is 1.22 bits per heavy atom. The van der Waals surface area contributed by atoms with Crippen LogP contribution in [-0.2, 0) is 4.79 Å². The molecule has 0 unspecified atom stereocenters. The fraction of sp³-hybridized carbons (Fsp3) is 0.444. The molecule has 0 aliphatic rings. The van der Waals surface area contributed by atoms with Crippen molar-refractivity contribution in [3.8, 4) is 6.07 Å².